The Labute approximate surface area is 106 Å². The summed E-state index contributed by atoms with van der Waals surface area (Å²) in [6.07, 6.45) is 1.70. The van der Waals surface area contributed by atoms with E-state index in [2.05, 4.69) is 26.8 Å². The summed E-state index contributed by atoms with van der Waals surface area (Å²) in [6.45, 7) is 6.55. The molecule has 0 aromatic carbocycles. The Bertz CT molecular complexity index is 463. The highest BCUT2D eigenvalue weighted by Gasteiger charge is 2.19. The van der Waals surface area contributed by atoms with Crippen molar-refractivity contribution in [3.63, 3.8) is 0 Å². The minimum atomic E-state index is -0.470. The van der Waals surface area contributed by atoms with Crippen LogP contribution >= 0.6 is 11.3 Å². The van der Waals surface area contributed by atoms with E-state index in [9.17, 15) is 5.11 Å². The Kier molecular flexibility index (Phi) is 3.40. The molecule has 0 spiro atoms. The first kappa shape index (κ1) is 12.4. The van der Waals surface area contributed by atoms with Gasteiger partial charge in [-0.3, -0.25) is 0 Å². The third kappa shape index (κ3) is 2.99. The average Bonchev–Trinajstić information content (AvgIpc) is 2.85. The van der Waals surface area contributed by atoms with Gasteiger partial charge in [0, 0.05) is 16.2 Å². The third-order valence-electron chi connectivity index (χ3n) is 2.67. The zero-order valence-corrected chi connectivity index (χ0v) is 11.3. The molecule has 0 saturated heterocycles. The van der Waals surface area contributed by atoms with E-state index in [-0.39, 0.29) is 5.41 Å². The van der Waals surface area contributed by atoms with Gasteiger partial charge >= 0.3 is 0 Å². The van der Waals surface area contributed by atoms with Gasteiger partial charge in [-0.15, -0.1) is 11.3 Å². The molecule has 1 atom stereocenters. The minimum absolute atomic E-state index is 0.146. The van der Waals surface area contributed by atoms with Gasteiger partial charge in [-0.1, -0.05) is 20.8 Å². The molecule has 2 rings (SSSR count). The lowest BCUT2D eigenvalue weighted by Gasteiger charge is -2.15. The Morgan fingerprint density at radius 1 is 1.29 bits per heavy atom. The van der Waals surface area contributed by atoms with Gasteiger partial charge in [0.25, 0.3) is 0 Å². The Balaban J connectivity index is 2.10. The molecule has 2 nitrogen and oxygen atoms in total. The largest absolute Gasteiger partial charge is 0.469 e. The maximum atomic E-state index is 10.1. The number of hydrogen-bond acceptors (Lipinski definition) is 3. The summed E-state index contributed by atoms with van der Waals surface area (Å²) in [4.78, 5) is 2.30. The van der Waals surface area contributed by atoms with Crippen LogP contribution in [0, 0.1) is 0 Å². The molecule has 2 aromatic rings. The fourth-order valence-corrected chi connectivity index (χ4v) is 2.71. The monoisotopic (exact) mass is 250 g/mol. The lowest BCUT2D eigenvalue weighted by molar-refractivity contribution is 0.174. The maximum Gasteiger partial charge on any atom is 0.106 e. The van der Waals surface area contributed by atoms with Gasteiger partial charge in [-0.05, 0) is 29.7 Å². The van der Waals surface area contributed by atoms with Gasteiger partial charge in [0.15, 0.2) is 0 Å². The van der Waals surface area contributed by atoms with Crippen molar-refractivity contribution in [3.05, 3.63) is 46.0 Å². The standard InChI is InChI=1S/C14H18O2S/c1-14(2,3)13-7-6-12(17-13)11(15)9-10-5-4-8-16-10/h4-8,11,15H,9H2,1-3H3. The van der Waals surface area contributed by atoms with Crippen molar-refractivity contribution in [2.45, 2.75) is 38.7 Å². The highest BCUT2D eigenvalue weighted by Crippen LogP contribution is 2.33. The Morgan fingerprint density at radius 3 is 2.59 bits per heavy atom. The summed E-state index contributed by atoms with van der Waals surface area (Å²) in [5.74, 6) is 0.822. The molecule has 17 heavy (non-hydrogen) atoms. The first-order valence-corrected chi connectivity index (χ1v) is 6.59. The molecule has 0 aliphatic rings. The Morgan fingerprint density at radius 2 is 2.06 bits per heavy atom. The van der Waals surface area contributed by atoms with Crippen LogP contribution in [-0.2, 0) is 11.8 Å². The average molecular weight is 250 g/mol. The number of aliphatic hydroxyl groups excluding tert-OH is 1. The summed E-state index contributed by atoms with van der Waals surface area (Å²) >= 11 is 1.68. The normalized spacial score (nSPS) is 13.9. The fourth-order valence-electron chi connectivity index (χ4n) is 1.65. The molecule has 2 aromatic heterocycles. The molecular formula is C14H18O2S. The molecule has 0 saturated carbocycles. The van der Waals surface area contributed by atoms with E-state index in [0.29, 0.717) is 6.42 Å². The summed E-state index contributed by atoms with van der Waals surface area (Å²) in [7, 11) is 0. The van der Waals surface area contributed by atoms with E-state index in [1.807, 2.05) is 18.2 Å². The Hall–Kier alpha value is -1.06. The maximum absolute atomic E-state index is 10.1. The predicted molar refractivity (Wildman–Crippen MR) is 70.4 cm³/mol. The van der Waals surface area contributed by atoms with Gasteiger partial charge < -0.3 is 9.52 Å². The van der Waals surface area contributed by atoms with Crippen LogP contribution in [0.4, 0.5) is 0 Å². The van der Waals surface area contributed by atoms with Gasteiger partial charge in [0.1, 0.15) is 5.76 Å². The lowest BCUT2D eigenvalue weighted by atomic mass is 9.95. The second kappa shape index (κ2) is 4.67. The smallest absolute Gasteiger partial charge is 0.106 e. The van der Waals surface area contributed by atoms with Crippen molar-refractivity contribution in [3.8, 4) is 0 Å². The van der Waals surface area contributed by atoms with E-state index >= 15 is 0 Å². The SMILES string of the molecule is CC(C)(C)c1ccc(C(O)Cc2ccco2)s1. The summed E-state index contributed by atoms with van der Waals surface area (Å²) in [6, 6.07) is 7.85. The predicted octanol–water partition coefficient (Wildman–Crippen LogP) is 3.91. The molecular weight excluding hydrogens is 232 g/mol. The van der Waals surface area contributed by atoms with Gasteiger partial charge in [-0.25, -0.2) is 0 Å². The lowest BCUT2D eigenvalue weighted by Crippen LogP contribution is -2.07. The number of rotatable bonds is 3. The minimum Gasteiger partial charge on any atom is -0.469 e. The van der Waals surface area contributed by atoms with Crippen molar-refractivity contribution in [1.29, 1.82) is 0 Å². The van der Waals surface area contributed by atoms with Crippen molar-refractivity contribution < 1.29 is 9.52 Å². The van der Waals surface area contributed by atoms with Crippen molar-refractivity contribution in [2.24, 2.45) is 0 Å². The highest BCUT2D eigenvalue weighted by atomic mass is 32.1. The molecule has 2 heterocycles. The van der Waals surface area contributed by atoms with E-state index < -0.39 is 6.10 Å². The molecule has 1 unspecified atom stereocenters. The van der Waals surface area contributed by atoms with Crippen LogP contribution < -0.4 is 0 Å². The van der Waals surface area contributed by atoms with Crippen LogP contribution in [0.1, 0.15) is 42.4 Å². The first-order valence-electron chi connectivity index (χ1n) is 5.77. The molecule has 0 aliphatic heterocycles. The number of aliphatic hydroxyl groups is 1. The van der Waals surface area contributed by atoms with Crippen LogP contribution in [0.3, 0.4) is 0 Å². The molecule has 92 valence electrons. The van der Waals surface area contributed by atoms with Crippen LogP contribution in [0.2, 0.25) is 0 Å². The zero-order valence-electron chi connectivity index (χ0n) is 10.4. The zero-order chi connectivity index (χ0) is 12.5. The highest BCUT2D eigenvalue weighted by molar-refractivity contribution is 7.12. The fraction of sp³-hybridized carbons (Fsp3) is 0.429. The second-order valence-electron chi connectivity index (χ2n) is 5.25. The number of thiophene rings is 1. The van der Waals surface area contributed by atoms with Crippen LogP contribution in [0.25, 0.3) is 0 Å². The summed E-state index contributed by atoms with van der Waals surface area (Å²) in [5.41, 5.74) is 0.146. The van der Waals surface area contributed by atoms with Gasteiger partial charge in [0.2, 0.25) is 0 Å². The van der Waals surface area contributed by atoms with Crippen LogP contribution in [-0.4, -0.2) is 5.11 Å². The molecule has 0 bridgehead atoms. The molecule has 0 amide bonds. The van der Waals surface area contributed by atoms with E-state index in [1.54, 1.807) is 17.6 Å². The van der Waals surface area contributed by atoms with E-state index in [0.717, 1.165) is 10.6 Å². The summed E-state index contributed by atoms with van der Waals surface area (Å²) in [5, 5.41) is 10.1. The quantitative estimate of drug-likeness (QED) is 0.895. The topological polar surface area (TPSA) is 33.4 Å². The van der Waals surface area contributed by atoms with Gasteiger partial charge in [-0.2, -0.15) is 0 Å². The molecule has 1 N–H and O–H groups in total. The summed E-state index contributed by atoms with van der Waals surface area (Å²) < 4.78 is 5.24. The van der Waals surface area contributed by atoms with Crippen LogP contribution in [0.15, 0.2) is 34.9 Å². The van der Waals surface area contributed by atoms with Crippen molar-refractivity contribution >= 4 is 11.3 Å². The first-order chi connectivity index (χ1) is 7.97. The molecule has 0 aliphatic carbocycles. The van der Waals surface area contributed by atoms with Crippen LogP contribution in [0.5, 0.6) is 0 Å². The number of furan rings is 1. The van der Waals surface area contributed by atoms with E-state index in [1.165, 1.54) is 4.88 Å². The second-order valence-corrected chi connectivity index (χ2v) is 6.37. The van der Waals surface area contributed by atoms with Crippen molar-refractivity contribution in [1.82, 2.24) is 0 Å². The third-order valence-corrected chi connectivity index (χ3v) is 4.28. The molecule has 3 heteroatoms. The van der Waals surface area contributed by atoms with Gasteiger partial charge in [0.05, 0.1) is 12.4 Å². The van der Waals surface area contributed by atoms with Crippen molar-refractivity contribution in [2.75, 3.05) is 0 Å². The molecule has 0 fully saturated rings. The number of hydrogen-bond donors (Lipinski definition) is 1. The molecule has 0 radical (unpaired) electrons. The van der Waals surface area contributed by atoms with E-state index in [4.69, 9.17) is 4.42 Å².